The van der Waals surface area contributed by atoms with E-state index in [2.05, 4.69) is 27.9 Å². The van der Waals surface area contributed by atoms with E-state index in [1.807, 2.05) is 27.7 Å². The van der Waals surface area contributed by atoms with Crippen LogP contribution in [-0.2, 0) is 9.47 Å². The molecule has 0 aromatic heterocycles. The number of nitrogens with zero attached hydrogens (tertiary/aromatic N) is 1. The minimum atomic E-state index is -0.479. The van der Waals surface area contributed by atoms with Crippen LogP contribution < -0.4 is 16.0 Å². The van der Waals surface area contributed by atoms with Crippen LogP contribution in [0.3, 0.4) is 0 Å². The average Bonchev–Trinajstić information content (AvgIpc) is 2.48. The molecule has 0 aliphatic rings. The van der Waals surface area contributed by atoms with Gasteiger partial charge in [-0.05, 0) is 40.5 Å². The third kappa shape index (κ3) is 15.4. The van der Waals surface area contributed by atoms with Gasteiger partial charge in [0.1, 0.15) is 5.60 Å². The monoisotopic (exact) mass is 344 g/mol. The topological polar surface area (TPSA) is 84.0 Å². The van der Waals surface area contributed by atoms with Crippen LogP contribution in [0.15, 0.2) is 4.99 Å². The number of carbonyl (C=O) groups is 1. The van der Waals surface area contributed by atoms with Crippen LogP contribution in [0.5, 0.6) is 0 Å². The summed E-state index contributed by atoms with van der Waals surface area (Å²) in [5, 5.41) is 9.06. The number of ether oxygens (including phenoxy) is 2. The maximum absolute atomic E-state index is 11.5. The molecule has 0 aromatic rings. The quantitative estimate of drug-likeness (QED) is 0.304. The number of carbonyl (C=O) groups excluding carboxylic acids is 1. The molecule has 0 spiro atoms. The molecule has 0 unspecified atom stereocenters. The van der Waals surface area contributed by atoms with Crippen molar-refractivity contribution in [1.82, 2.24) is 16.0 Å². The highest BCUT2D eigenvalue weighted by atomic mass is 16.6. The van der Waals surface area contributed by atoms with Crippen molar-refractivity contribution >= 4 is 12.1 Å². The second-order valence-electron chi connectivity index (χ2n) is 6.44. The zero-order valence-electron chi connectivity index (χ0n) is 16.0. The number of alkyl carbamates (subject to hydrolysis) is 1. The van der Waals surface area contributed by atoms with Gasteiger partial charge in [-0.1, -0.05) is 13.3 Å². The number of rotatable bonds is 11. The van der Waals surface area contributed by atoms with E-state index in [-0.39, 0.29) is 0 Å². The lowest BCUT2D eigenvalue weighted by molar-refractivity contribution is 0.0529. The normalized spacial score (nSPS) is 12.0. The summed E-state index contributed by atoms with van der Waals surface area (Å²) in [6.07, 6.45) is 2.76. The predicted octanol–water partition coefficient (Wildman–Crippen LogP) is 2.27. The SMILES string of the molecule is CCCCOCCCN=C(NCC)NCCNC(=O)OC(C)(C)C. The summed E-state index contributed by atoms with van der Waals surface area (Å²) in [5.41, 5.74) is -0.479. The maximum atomic E-state index is 11.5. The Bertz CT molecular complexity index is 354. The summed E-state index contributed by atoms with van der Waals surface area (Å²) in [5.74, 6) is 0.747. The molecule has 0 aromatic carbocycles. The smallest absolute Gasteiger partial charge is 0.407 e. The van der Waals surface area contributed by atoms with Gasteiger partial charge in [-0.25, -0.2) is 4.79 Å². The Labute approximate surface area is 147 Å². The number of unbranched alkanes of at least 4 members (excludes halogenated alkanes) is 1. The maximum Gasteiger partial charge on any atom is 0.407 e. The summed E-state index contributed by atoms with van der Waals surface area (Å²) in [6.45, 7) is 13.8. The van der Waals surface area contributed by atoms with Gasteiger partial charge >= 0.3 is 6.09 Å². The van der Waals surface area contributed by atoms with Gasteiger partial charge in [0.05, 0.1) is 0 Å². The van der Waals surface area contributed by atoms with Crippen molar-refractivity contribution in [3.63, 3.8) is 0 Å². The second kappa shape index (κ2) is 13.9. The van der Waals surface area contributed by atoms with Gasteiger partial charge in [0.15, 0.2) is 5.96 Å². The molecule has 3 N–H and O–H groups in total. The van der Waals surface area contributed by atoms with Crippen LogP contribution >= 0.6 is 0 Å². The van der Waals surface area contributed by atoms with E-state index in [4.69, 9.17) is 9.47 Å². The first-order valence-electron chi connectivity index (χ1n) is 8.95. The fourth-order valence-electron chi connectivity index (χ4n) is 1.71. The van der Waals surface area contributed by atoms with Gasteiger partial charge in [-0.15, -0.1) is 0 Å². The number of hydrogen-bond donors (Lipinski definition) is 3. The van der Waals surface area contributed by atoms with Gasteiger partial charge in [0.25, 0.3) is 0 Å². The number of aliphatic imine (C=N–C) groups is 1. The zero-order chi connectivity index (χ0) is 18.3. The van der Waals surface area contributed by atoms with Crippen LogP contribution in [0.1, 0.15) is 53.9 Å². The summed E-state index contributed by atoms with van der Waals surface area (Å²) >= 11 is 0. The van der Waals surface area contributed by atoms with Gasteiger partial charge in [-0.3, -0.25) is 4.99 Å². The van der Waals surface area contributed by atoms with Crippen molar-refractivity contribution in [1.29, 1.82) is 0 Å². The third-order valence-electron chi connectivity index (χ3n) is 2.79. The Morgan fingerprint density at radius 2 is 1.67 bits per heavy atom. The second-order valence-corrected chi connectivity index (χ2v) is 6.44. The average molecular weight is 345 g/mol. The number of guanidine groups is 1. The van der Waals surface area contributed by atoms with E-state index in [0.29, 0.717) is 19.6 Å². The summed E-state index contributed by atoms with van der Waals surface area (Å²) < 4.78 is 10.7. The molecule has 0 aliphatic carbocycles. The molecule has 0 rings (SSSR count). The van der Waals surface area contributed by atoms with E-state index in [1.54, 1.807) is 0 Å². The van der Waals surface area contributed by atoms with Crippen molar-refractivity contribution in [2.45, 2.75) is 59.5 Å². The fraction of sp³-hybridized carbons (Fsp3) is 0.882. The first kappa shape index (κ1) is 22.5. The van der Waals surface area contributed by atoms with Crippen molar-refractivity contribution in [3.05, 3.63) is 0 Å². The van der Waals surface area contributed by atoms with Crippen molar-refractivity contribution in [2.75, 3.05) is 39.4 Å². The Morgan fingerprint density at radius 1 is 1.00 bits per heavy atom. The zero-order valence-corrected chi connectivity index (χ0v) is 16.0. The Hall–Kier alpha value is -1.50. The lowest BCUT2D eigenvalue weighted by Gasteiger charge is -2.19. The van der Waals surface area contributed by atoms with E-state index in [0.717, 1.165) is 45.0 Å². The number of amides is 1. The highest BCUT2D eigenvalue weighted by Gasteiger charge is 2.15. The van der Waals surface area contributed by atoms with Crippen LogP contribution in [0, 0.1) is 0 Å². The Kier molecular flexibility index (Phi) is 13.0. The van der Waals surface area contributed by atoms with Gasteiger partial charge < -0.3 is 25.4 Å². The molecular formula is C17H36N4O3. The highest BCUT2D eigenvalue weighted by molar-refractivity contribution is 5.79. The van der Waals surface area contributed by atoms with Crippen molar-refractivity contribution in [3.8, 4) is 0 Å². The van der Waals surface area contributed by atoms with E-state index in [1.165, 1.54) is 0 Å². The summed E-state index contributed by atoms with van der Waals surface area (Å²) in [6, 6.07) is 0. The number of nitrogens with one attached hydrogen (secondary N) is 3. The summed E-state index contributed by atoms with van der Waals surface area (Å²) in [4.78, 5) is 16.0. The van der Waals surface area contributed by atoms with Gasteiger partial charge in [-0.2, -0.15) is 0 Å². The van der Waals surface area contributed by atoms with E-state index >= 15 is 0 Å². The minimum absolute atomic E-state index is 0.407. The lowest BCUT2D eigenvalue weighted by Crippen LogP contribution is -2.42. The summed E-state index contributed by atoms with van der Waals surface area (Å²) in [7, 11) is 0. The predicted molar refractivity (Wildman–Crippen MR) is 98.6 cm³/mol. The van der Waals surface area contributed by atoms with E-state index in [9.17, 15) is 4.79 Å². The largest absolute Gasteiger partial charge is 0.444 e. The van der Waals surface area contributed by atoms with Crippen LogP contribution in [0.2, 0.25) is 0 Å². The Balaban J connectivity index is 3.86. The molecule has 7 heteroatoms. The molecule has 0 bridgehead atoms. The van der Waals surface area contributed by atoms with E-state index < -0.39 is 11.7 Å². The van der Waals surface area contributed by atoms with Crippen LogP contribution in [0.25, 0.3) is 0 Å². The Morgan fingerprint density at radius 3 is 2.29 bits per heavy atom. The number of hydrogen-bond acceptors (Lipinski definition) is 4. The molecular weight excluding hydrogens is 308 g/mol. The van der Waals surface area contributed by atoms with Crippen molar-refractivity contribution < 1.29 is 14.3 Å². The van der Waals surface area contributed by atoms with Crippen LogP contribution in [-0.4, -0.2) is 57.0 Å². The van der Waals surface area contributed by atoms with Gasteiger partial charge in [0.2, 0.25) is 0 Å². The molecule has 0 saturated carbocycles. The molecule has 0 atom stereocenters. The molecule has 0 fully saturated rings. The molecule has 0 heterocycles. The molecule has 7 nitrogen and oxygen atoms in total. The molecule has 0 radical (unpaired) electrons. The molecule has 0 saturated heterocycles. The minimum Gasteiger partial charge on any atom is -0.444 e. The lowest BCUT2D eigenvalue weighted by atomic mass is 10.2. The van der Waals surface area contributed by atoms with Crippen LogP contribution in [0.4, 0.5) is 4.79 Å². The first-order chi connectivity index (χ1) is 11.4. The van der Waals surface area contributed by atoms with Gasteiger partial charge in [0, 0.05) is 39.4 Å². The fourth-order valence-corrected chi connectivity index (χ4v) is 1.71. The molecule has 1 amide bonds. The molecule has 24 heavy (non-hydrogen) atoms. The highest BCUT2D eigenvalue weighted by Crippen LogP contribution is 2.05. The third-order valence-corrected chi connectivity index (χ3v) is 2.79. The molecule has 0 aliphatic heterocycles. The standard InChI is InChI=1S/C17H36N4O3/c1-6-8-13-23-14-9-10-19-15(18-7-2)20-11-12-21-16(22)24-17(3,4)5/h6-14H2,1-5H3,(H,21,22)(H2,18,19,20). The molecule has 142 valence electrons. The van der Waals surface area contributed by atoms with Crippen molar-refractivity contribution in [2.24, 2.45) is 4.99 Å². The first-order valence-corrected chi connectivity index (χ1v) is 8.95.